The maximum atomic E-state index is 12.5. The van der Waals surface area contributed by atoms with Crippen LogP contribution in [-0.2, 0) is 0 Å². The molecule has 166 valence electrons. The predicted octanol–water partition coefficient (Wildman–Crippen LogP) is 2.56. The molecule has 1 saturated heterocycles. The van der Waals surface area contributed by atoms with Crippen LogP contribution in [0.15, 0.2) is 30.5 Å². The number of rotatable bonds is 6. The van der Waals surface area contributed by atoms with E-state index in [2.05, 4.69) is 20.7 Å². The number of pyridine rings is 1. The van der Waals surface area contributed by atoms with Crippen LogP contribution in [0.3, 0.4) is 0 Å². The van der Waals surface area contributed by atoms with Crippen molar-refractivity contribution in [2.45, 2.75) is 25.7 Å². The molecule has 0 unspecified atom stereocenters. The van der Waals surface area contributed by atoms with E-state index >= 15 is 0 Å². The Kier molecular flexibility index (Phi) is 7.53. The maximum absolute atomic E-state index is 12.5. The number of methoxy groups -OCH3 is 3. The van der Waals surface area contributed by atoms with Gasteiger partial charge in [0.25, 0.3) is 11.8 Å². The van der Waals surface area contributed by atoms with Gasteiger partial charge in [-0.25, -0.2) is 4.98 Å². The fraction of sp³-hybridized carbons (Fsp3) is 0.409. The number of aromatic nitrogens is 1. The third-order valence-corrected chi connectivity index (χ3v) is 5.16. The van der Waals surface area contributed by atoms with E-state index in [1.807, 2.05) is 6.07 Å². The molecular formula is C22H28N4O5. The molecule has 0 radical (unpaired) electrons. The zero-order valence-corrected chi connectivity index (χ0v) is 18.1. The van der Waals surface area contributed by atoms with E-state index in [1.165, 1.54) is 52.5 Å². The first kappa shape index (κ1) is 22.2. The number of benzene rings is 1. The summed E-state index contributed by atoms with van der Waals surface area (Å²) in [5.41, 5.74) is 5.39. The summed E-state index contributed by atoms with van der Waals surface area (Å²) in [7, 11) is 4.40. The number of hydrazine groups is 1. The number of ether oxygens (including phenoxy) is 3. The number of anilines is 1. The Labute approximate surface area is 181 Å². The minimum absolute atomic E-state index is 0.240. The molecular weight excluding hydrogens is 400 g/mol. The average Bonchev–Trinajstić information content (AvgIpc) is 3.11. The summed E-state index contributed by atoms with van der Waals surface area (Å²) in [6.45, 7) is 1.95. The molecule has 0 aliphatic carbocycles. The van der Waals surface area contributed by atoms with Crippen molar-refractivity contribution in [3.8, 4) is 17.2 Å². The predicted molar refractivity (Wildman–Crippen MR) is 116 cm³/mol. The van der Waals surface area contributed by atoms with Crippen LogP contribution in [0.2, 0.25) is 0 Å². The number of nitrogens with one attached hydrogen (secondary N) is 2. The molecule has 2 aromatic rings. The standard InChI is InChI=1S/C22H28N4O5/c1-29-17-12-16(13-18(30-2)20(17)31-3)22(28)25-24-21(27)15-8-9-19(23-14-15)26-10-6-4-5-7-11-26/h8-9,12-14H,4-7,10-11H2,1-3H3,(H,24,27)(H,25,28). The van der Waals surface area contributed by atoms with Crippen molar-refractivity contribution in [3.05, 3.63) is 41.6 Å². The van der Waals surface area contributed by atoms with Crippen molar-refractivity contribution in [1.29, 1.82) is 0 Å². The van der Waals surface area contributed by atoms with Gasteiger partial charge in [-0.3, -0.25) is 20.4 Å². The fourth-order valence-corrected chi connectivity index (χ4v) is 3.48. The highest BCUT2D eigenvalue weighted by Gasteiger charge is 2.18. The quantitative estimate of drug-likeness (QED) is 0.682. The highest BCUT2D eigenvalue weighted by atomic mass is 16.5. The molecule has 0 bridgehead atoms. The van der Waals surface area contributed by atoms with Gasteiger partial charge in [-0.1, -0.05) is 12.8 Å². The number of carbonyl (C=O) groups is 2. The van der Waals surface area contributed by atoms with Crippen LogP contribution in [0, 0.1) is 0 Å². The monoisotopic (exact) mass is 428 g/mol. The molecule has 31 heavy (non-hydrogen) atoms. The Morgan fingerprint density at radius 3 is 1.90 bits per heavy atom. The first-order chi connectivity index (χ1) is 15.1. The van der Waals surface area contributed by atoms with Gasteiger partial charge in [-0.2, -0.15) is 0 Å². The second kappa shape index (κ2) is 10.5. The Bertz CT molecular complexity index is 884. The van der Waals surface area contributed by atoms with Gasteiger partial charge in [-0.05, 0) is 37.1 Å². The fourth-order valence-electron chi connectivity index (χ4n) is 3.48. The normalized spacial score (nSPS) is 13.7. The summed E-state index contributed by atoms with van der Waals surface area (Å²) in [6, 6.07) is 6.54. The molecule has 1 aromatic carbocycles. The molecule has 1 aromatic heterocycles. The van der Waals surface area contributed by atoms with Crippen LogP contribution >= 0.6 is 0 Å². The summed E-state index contributed by atoms with van der Waals surface area (Å²) < 4.78 is 15.7. The van der Waals surface area contributed by atoms with Crippen LogP contribution in [-0.4, -0.2) is 51.2 Å². The lowest BCUT2D eigenvalue weighted by molar-refractivity contribution is 0.0846. The third kappa shape index (κ3) is 5.36. The smallest absolute Gasteiger partial charge is 0.271 e. The Morgan fingerprint density at radius 1 is 0.839 bits per heavy atom. The van der Waals surface area contributed by atoms with Gasteiger partial charge >= 0.3 is 0 Å². The molecule has 0 spiro atoms. The van der Waals surface area contributed by atoms with Gasteiger partial charge in [-0.15, -0.1) is 0 Å². The zero-order valence-electron chi connectivity index (χ0n) is 18.1. The average molecular weight is 428 g/mol. The van der Waals surface area contributed by atoms with Crippen LogP contribution in [0.4, 0.5) is 5.82 Å². The SMILES string of the molecule is COc1cc(C(=O)NNC(=O)c2ccc(N3CCCCCC3)nc2)cc(OC)c1OC. The van der Waals surface area contributed by atoms with Crippen LogP contribution in [0.1, 0.15) is 46.4 Å². The molecule has 3 rings (SSSR count). The lowest BCUT2D eigenvalue weighted by Crippen LogP contribution is -2.41. The van der Waals surface area contributed by atoms with E-state index in [-0.39, 0.29) is 5.56 Å². The van der Waals surface area contributed by atoms with Crippen molar-refractivity contribution in [2.24, 2.45) is 0 Å². The maximum Gasteiger partial charge on any atom is 0.271 e. The van der Waals surface area contributed by atoms with Gasteiger partial charge in [0.05, 0.1) is 26.9 Å². The van der Waals surface area contributed by atoms with E-state index in [4.69, 9.17) is 14.2 Å². The molecule has 2 heterocycles. The third-order valence-electron chi connectivity index (χ3n) is 5.16. The topological polar surface area (TPSA) is 102 Å². The van der Waals surface area contributed by atoms with Crippen molar-refractivity contribution < 1.29 is 23.8 Å². The van der Waals surface area contributed by atoms with Gasteiger partial charge in [0, 0.05) is 24.8 Å². The van der Waals surface area contributed by atoms with Crippen molar-refractivity contribution >= 4 is 17.6 Å². The van der Waals surface area contributed by atoms with E-state index in [0.29, 0.717) is 22.8 Å². The Balaban J connectivity index is 1.63. The lowest BCUT2D eigenvalue weighted by atomic mass is 10.1. The first-order valence-corrected chi connectivity index (χ1v) is 10.2. The molecule has 1 aliphatic heterocycles. The van der Waals surface area contributed by atoms with Crippen LogP contribution < -0.4 is 30.0 Å². The molecule has 1 aliphatic rings. The Morgan fingerprint density at radius 2 is 1.42 bits per heavy atom. The van der Waals surface area contributed by atoms with E-state index in [9.17, 15) is 9.59 Å². The minimum Gasteiger partial charge on any atom is -0.493 e. The number of hydrogen-bond acceptors (Lipinski definition) is 7. The lowest BCUT2D eigenvalue weighted by Gasteiger charge is -2.21. The van der Waals surface area contributed by atoms with Crippen LogP contribution in [0.5, 0.6) is 17.2 Å². The highest BCUT2D eigenvalue weighted by molar-refractivity contribution is 5.99. The summed E-state index contributed by atoms with van der Waals surface area (Å²) in [5.74, 6) is 0.928. The number of nitrogens with zero attached hydrogens (tertiary/aromatic N) is 2. The molecule has 2 N–H and O–H groups in total. The van der Waals surface area contributed by atoms with Crippen molar-refractivity contribution in [3.63, 3.8) is 0 Å². The van der Waals surface area contributed by atoms with Crippen LogP contribution in [0.25, 0.3) is 0 Å². The first-order valence-electron chi connectivity index (χ1n) is 10.2. The summed E-state index contributed by atoms with van der Waals surface area (Å²) >= 11 is 0. The highest BCUT2D eigenvalue weighted by Crippen LogP contribution is 2.38. The molecule has 2 amide bonds. The number of hydrogen-bond donors (Lipinski definition) is 2. The zero-order chi connectivity index (χ0) is 22.2. The molecule has 0 saturated carbocycles. The van der Waals surface area contributed by atoms with Gasteiger partial charge in [0.1, 0.15) is 5.82 Å². The largest absolute Gasteiger partial charge is 0.493 e. The number of amides is 2. The second-order valence-electron chi connectivity index (χ2n) is 7.13. The van der Waals surface area contributed by atoms with Crippen molar-refractivity contribution in [1.82, 2.24) is 15.8 Å². The summed E-state index contributed by atoms with van der Waals surface area (Å²) in [6.07, 6.45) is 6.29. The number of carbonyl (C=O) groups excluding carboxylic acids is 2. The van der Waals surface area contributed by atoms with Gasteiger partial charge < -0.3 is 19.1 Å². The van der Waals surface area contributed by atoms with Gasteiger partial charge in [0.15, 0.2) is 11.5 Å². The Hall–Kier alpha value is -3.49. The van der Waals surface area contributed by atoms with E-state index in [1.54, 1.807) is 6.07 Å². The molecule has 1 fully saturated rings. The summed E-state index contributed by atoms with van der Waals surface area (Å²) in [5, 5.41) is 0. The van der Waals surface area contributed by atoms with Crippen molar-refractivity contribution in [2.75, 3.05) is 39.3 Å². The van der Waals surface area contributed by atoms with E-state index < -0.39 is 11.8 Å². The minimum atomic E-state index is -0.526. The van der Waals surface area contributed by atoms with E-state index in [0.717, 1.165) is 31.7 Å². The molecule has 9 heteroatoms. The molecule has 9 nitrogen and oxygen atoms in total. The second-order valence-corrected chi connectivity index (χ2v) is 7.13. The molecule has 0 atom stereocenters. The summed E-state index contributed by atoms with van der Waals surface area (Å²) in [4.78, 5) is 31.6. The van der Waals surface area contributed by atoms with Gasteiger partial charge in [0.2, 0.25) is 5.75 Å².